The Hall–Kier alpha value is -2.22. The molecule has 1 aromatic carbocycles. The summed E-state index contributed by atoms with van der Waals surface area (Å²) in [5.41, 5.74) is 8.67. The molecule has 1 atom stereocenters. The maximum absolute atomic E-state index is 12.3. The molecule has 4 rings (SSSR count). The molecule has 0 saturated carbocycles. The van der Waals surface area contributed by atoms with Gasteiger partial charge >= 0.3 is 0 Å². The highest BCUT2D eigenvalue weighted by atomic mass is 35.5. The maximum atomic E-state index is 12.3. The summed E-state index contributed by atoms with van der Waals surface area (Å²) in [5.74, 6) is 0.447. The molecule has 1 saturated heterocycles. The van der Waals surface area contributed by atoms with Crippen LogP contribution in [0.15, 0.2) is 24.4 Å². The van der Waals surface area contributed by atoms with E-state index in [1.165, 1.54) is 0 Å². The average Bonchev–Trinajstić information content (AvgIpc) is 3.00. The Morgan fingerprint density at radius 2 is 2.15 bits per heavy atom. The smallest absolute Gasteiger partial charge is 0.252 e. The monoisotopic (exact) mass is 387 g/mol. The third-order valence-corrected chi connectivity index (χ3v) is 5.28. The second kappa shape index (κ2) is 7.80. The van der Waals surface area contributed by atoms with E-state index in [1.807, 2.05) is 18.2 Å². The molecule has 1 fully saturated rings. The zero-order valence-electron chi connectivity index (χ0n) is 14.9. The van der Waals surface area contributed by atoms with Crippen LogP contribution in [0.2, 0.25) is 5.02 Å². The van der Waals surface area contributed by atoms with E-state index in [0.717, 1.165) is 37.2 Å². The van der Waals surface area contributed by atoms with E-state index < -0.39 is 0 Å². The van der Waals surface area contributed by atoms with Crippen molar-refractivity contribution in [3.8, 4) is 11.3 Å². The molecule has 0 bridgehead atoms. The number of anilines is 1. The Balaban J connectivity index is 1.62. The van der Waals surface area contributed by atoms with Crippen molar-refractivity contribution in [2.24, 2.45) is 5.73 Å². The molecule has 0 spiro atoms. The van der Waals surface area contributed by atoms with Crippen molar-refractivity contribution in [1.29, 1.82) is 0 Å². The number of amides is 1. The first kappa shape index (κ1) is 18.2. The summed E-state index contributed by atoms with van der Waals surface area (Å²) in [7, 11) is 0. The number of nitrogens with zero attached hydrogens (tertiary/aromatic N) is 2. The maximum Gasteiger partial charge on any atom is 0.252 e. The molecular formula is C19H22ClN5O2. The molecule has 7 nitrogen and oxygen atoms in total. The van der Waals surface area contributed by atoms with Gasteiger partial charge in [-0.1, -0.05) is 23.7 Å². The van der Waals surface area contributed by atoms with Crippen LogP contribution in [0.25, 0.3) is 11.3 Å². The van der Waals surface area contributed by atoms with E-state index in [-0.39, 0.29) is 18.0 Å². The lowest BCUT2D eigenvalue weighted by atomic mass is 9.99. The Morgan fingerprint density at radius 3 is 2.93 bits per heavy atom. The van der Waals surface area contributed by atoms with Crippen molar-refractivity contribution in [1.82, 2.24) is 15.3 Å². The van der Waals surface area contributed by atoms with Crippen LogP contribution in [0.4, 0.5) is 5.95 Å². The van der Waals surface area contributed by atoms with Crippen molar-refractivity contribution in [3.05, 3.63) is 40.5 Å². The van der Waals surface area contributed by atoms with Gasteiger partial charge in [-0.05, 0) is 37.4 Å². The zero-order chi connectivity index (χ0) is 18.8. The minimum atomic E-state index is -0.0870. The molecule has 0 radical (unpaired) electrons. The van der Waals surface area contributed by atoms with Gasteiger partial charge in [0.25, 0.3) is 5.91 Å². The minimum absolute atomic E-state index is 0.0295. The quantitative estimate of drug-likeness (QED) is 0.728. The molecular weight excluding hydrogens is 366 g/mol. The van der Waals surface area contributed by atoms with Crippen LogP contribution in [0, 0.1) is 0 Å². The van der Waals surface area contributed by atoms with Crippen LogP contribution in [0.3, 0.4) is 0 Å². The average molecular weight is 388 g/mol. The fourth-order valence-electron chi connectivity index (χ4n) is 3.58. The van der Waals surface area contributed by atoms with Crippen LogP contribution in [0.5, 0.6) is 0 Å². The predicted molar refractivity (Wildman–Crippen MR) is 104 cm³/mol. The van der Waals surface area contributed by atoms with E-state index >= 15 is 0 Å². The zero-order valence-corrected chi connectivity index (χ0v) is 15.6. The second-order valence-corrected chi connectivity index (χ2v) is 7.23. The third kappa shape index (κ3) is 3.76. The first-order valence-electron chi connectivity index (χ1n) is 9.18. The molecule has 27 heavy (non-hydrogen) atoms. The molecule has 1 aromatic heterocycles. The lowest BCUT2D eigenvalue weighted by Crippen LogP contribution is -2.28. The number of hydrogen-bond acceptors (Lipinski definition) is 6. The summed E-state index contributed by atoms with van der Waals surface area (Å²) < 4.78 is 5.38. The van der Waals surface area contributed by atoms with Crippen molar-refractivity contribution >= 4 is 23.5 Å². The number of halogens is 1. The first-order valence-corrected chi connectivity index (χ1v) is 9.55. The largest absolute Gasteiger partial charge is 0.381 e. The van der Waals surface area contributed by atoms with Crippen LogP contribution >= 0.6 is 11.6 Å². The van der Waals surface area contributed by atoms with E-state index in [4.69, 9.17) is 22.1 Å². The number of nitrogens with two attached hydrogens (primary N) is 1. The fraction of sp³-hybridized carbons (Fsp3) is 0.421. The Bertz CT molecular complexity index is 854. The van der Waals surface area contributed by atoms with Gasteiger partial charge in [-0.2, -0.15) is 0 Å². The highest BCUT2D eigenvalue weighted by Gasteiger charge is 2.28. The highest BCUT2D eigenvalue weighted by molar-refractivity contribution is 6.33. The van der Waals surface area contributed by atoms with Crippen molar-refractivity contribution < 1.29 is 9.53 Å². The number of carbonyl (C=O) groups is 1. The molecule has 0 aliphatic carbocycles. The molecule has 8 heteroatoms. The number of fused-ring (bicyclic) bond motifs is 1. The lowest BCUT2D eigenvalue weighted by Gasteiger charge is -2.23. The number of ether oxygens (including phenoxy) is 1. The summed E-state index contributed by atoms with van der Waals surface area (Å²) in [5, 5.41) is 6.77. The van der Waals surface area contributed by atoms with E-state index in [2.05, 4.69) is 20.6 Å². The van der Waals surface area contributed by atoms with E-state index in [1.54, 1.807) is 6.20 Å². The summed E-state index contributed by atoms with van der Waals surface area (Å²) in [6, 6.07) is 5.99. The topological polar surface area (TPSA) is 102 Å². The summed E-state index contributed by atoms with van der Waals surface area (Å²) in [6.45, 7) is 2.00. The number of carbonyl (C=O) groups excluding carboxylic acids is 1. The number of hydrogen-bond donors (Lipinski definition) is 3. The molecule has 2 aliphatic heterocycles. The fourth-order valence-corrected chi connectivity index (χ4v) is 3.78. The van der Waals surface area contributed by atoms with E-state index in [0.29, 0.717) is 35.2 Å². The third-order valence-electron chi connectivity index (χ3n) is 5.01. The normalized spacial score (nSPS) is 19.6. The van der Waals surface area contributed by atoms with Gasteiger partial charge in [-0.25, -0.2) is 9.97 Å². The van der Waals surface area contributed by atoms with Crippen LogP contribution in [0.1, 0.15) is 41.2 Å². The molecule has 4 N–H and O–H groups in total. The highest BCUT2D eigenvalue weighted by Crippen LogP contribution is 2.33. The van der Waals surface area contributed by atoms with Gasteiger partial charge < -0.3 is 21.1 Å². The van der Waals surface area contributed by atoms with Gasteiger partial charge in [0.05, 0.1) is 23.0 Å². The van der Waals surface area contributed by atoms with Crippen LogP contribution < -0.4 is 16.4 Å². The Labute approximate surface area is 162 Å². The van der Waals surface area contributed by atoms with Gasteiger partial charge in [0.1, 0.15) is 0 Å². The number of benzene rings is 1. The Kier molecular flexibility index (Phi) is 5.24. The summed E-state index contributed by atoms with van der Waals surface area (Å²) in [4.78, 5) is 21.2. The van der Waals surface area contributed by atoms with Crippen molar-refractivity contribution in [2.75, 3.05) is 25.1 Å². The first-order chi connectivity index (χ1) is 13.2. The summed E-state index contributed by atoms with van der Waals surface area (Å²) >= 11 is 6.35. The Morgan fingerprint density at radius 1 is 1.33 bits per heavy atom. The number of nitrogens with one attached hydrogen (secondary N) is 2. The predicted octanol–water partition coefficient (Wildman–Crippen LogP) is 2.52. The summed E-state index contributed by atoms with van der Waals surface area (Å²) in [6.07, 6.45) is 4.15. The molecule has 3 heterocycles. The van der Waals surface area contributed by atoms with Gasteiger partial charge in [-0.3, -0.25) is 4.79 Å². The minimum Gasteiger partial charge on any atom is -0.381 e. The molecule has 2 aromatic rings. The molecule has 1 amide bonds. The van der Waals surface area contributed by atoms with E-state index in [9.17, 15) is 4.79 Å². The number of rotatable bonds is 5. The van der Waals surface area contributed by atoms with Gasteiger partial charge in [0, 0.05) is 30.4 Å². The molecule has 142 valence electrons. The van der Waals surface area contributed by atoms with Crippen molar-refractivity contribution in [3.63, 3.8) is 0 Å². The molecule has 2 aliphatic rings. The van der Waals surface area contributed by atoms with Crippen molar-refractivity contribution in [2.45, 2.75) is 31.3 Å². The van der Waals surface area contributed by atoms with Crippen LogP contribution in [-0.2, 0) is 4.74 Å². The SMILES string of the molecule is NCCC1NC(=O)c2cc(-c3nc(NC4CCOCC4)ncc3Cl)ccc21. The standard InChI is InChI=1S/C19H22ClN5O2/c20-15-10-22-19(23-12-4-7-27-8-5-12)25-17(15)11-1-2-13-14(9-11)18(26)24-16(13)3-6-21/h1-2,9-10,12,16H,3-8,21H2,(H,24,26)(H,22,23,25). The van der Waals surface area contributed by atoms with Gasteiger partial charge in [0.15, 0.2) is 0 Å². The van der Waals surface area contributed by atoms with Crippen LogP contribution in [-0.4, -0.2) is 41.7 Å². The second-order valence-electron chi connectivity index (χ2n) is 6.83. The van der Waals surface area contributed by atoms with Gasteiger partial charge in [0.2, 0.25) is 5.95 Å². The molecule has 1 unspecified atom stereocenters. The number of aromatic nitrogens is 2. The lowest BCUT2D eigenvalue weighted by molar-refractivity contribution is 0.0903. The van der Waals surface area contributed by atoms with Gasteiger partial charge in [-0.15, -0.1) is 0 Å².